The van der Waals surface area contributed by atoms with Gasteiger partial charge in [0.2, 0.25) is 5.91 Å². The lowest BCUT2D eigenvalue weighted by Crippen LogP contribution is -2.49. The molecule has 282 valence electrons. The Hall–Kier alpha value is -5.50. The smallest absolute Gasteiger partial charge is 0.457 e. The summed E-state index contributed by atoms with van der Waals surface area (Å²) in [4.78, 5) is 52.7. The molecule has 1 fully saturated rings. The van der Waals surface area contributed by atoms with Crippen molar-refractivity contribution >= 4 is 35.5 Å². The van der Waals surface area contributed by atoms with Gasteiger partial charge in [-0.15, -0.1) is 0 Å². The first-order valence-corrected chi connectivity index (χ1v) is 17.7. The third-order valence-electron chi connectivity index (χ3n) is 9.47. The highest BCUT2D eigenvalue weighted by molar-refractivity contribution is 5.76. The number of non-ortho nitro benzene ring substituents is 1. The maximum atomic E-state index is 15.0. The molecule has 2 aliphatic heterocycles. The predicted octanol–water partition coefficient (Wildman–Crippen LogP) is 6.16. The zero-order chi connectivity index (χ0) is 38.1. The average Bonchev–Trinajstić information content (AvgIpc) is 3.63. The van der Waals surface area contributed by atoms with E-state index >= 15 is 4.39 Å². The van der Waals surface area contributed by atoms with Crippen molar-refractivity contribution in [2.75, 3.05) is 31.1 Å². The van der Waals surface area contributed by atoms with Crippen LogP contribution < -0.4 is 9.64 Å². The van der Waals surface area contributed by atoms with Crippen LogP contribution in [-0.2, 0) is 25.6 Å². The van der Waals surface area contributed by atoms with Crippen LogP contribution in [0.3, 0.4) is 0 Å². The molecule has 1 amide bonds. The molecule has 2 aromatic carbocycles. The van der Waals surface area contributed by atoms with Crippen molar-refractivity contribution < 1.29 is 43.0 Å². The molecule has 0 saturated carbocycles. The molecule has 5 rings (SSSR count). The summed E-state index contributed by atoms with van der Waals surface area (Å²) in [5.41, 5.74) is 1.70. The summed E-state index contributed by atoms with van der Waals surface area (Å²) in [6.07, 6.45) is 5.80. The maximum absolute atomic E-state index is 15.0. The number of carbonyl (C=O) groups excluding carboxylic acids is 3. The standard InChI is InChI=1S/C39H45FN4O9/c1-26-6-10-33(45)24-37(47)53-38(27(2)7-13-35(26)52-39(48)51-34-11-8-31(9-12-34)44(49)50)28(3)20-29-21-30(40)23-32(22-29)42-16-18-43(19-17-42)36(46)25-41-14-4-5-15-41/h4-5,7-9,11-15,20-23,26-27,33,35,38,45H,6,10,16-19,24-25H2,1-3H3/b13-7+,28-20+/t26-,27-,33+,35-,38-/m0/s1. The van der Waals surface area contributed by atoms with Crippen LogP contribution in [0.2, 0.25) is 0 Å². The van der Waals surface area contributed by atoms with Crippen LogP contribution >= 0.6 is 0 Å². The number of aromatic nitrogens is 1. The number of hydrogen-bond acceptors (Lipinski definition) is 10. The Kier molecular flexibility index (Phi) is 13.0. The van der Waals surface area contributed by atoms with Crippen molar-refractivity contribution in [2.24, 2.45) is 11.8 Å². The normalized spacial score (nSPS) is 23.6. The SMILES string of the molecule is C/C(=C\c1cc(F)cc(N2CCN(C(=O)Cn3cccc3)CC2)c1)[C@H]1OC(=O)C[C@H](O)CC[C@H](C)[C@@H](OC(=O)Oc2ccc([N+](=O)[O-])cc2)/C=C/[C@@H]1C. The van der Waals surface area contributed by atoms with Crippen LogP contribution in [0.5, 0.6) is 5.75 Å². The molecule has 3 heterocycles. The van der Waals surface area contributed by atoms with Crippen LogP contribution in [0.15, 0.2) is 84.7 Å². The highest BCUT2D eigenvalue weighted by Gasteiger charge is 2.28. The van der Waals surface area contributed by atoms with Gasteiger partial charge in [0, 0.05) is 62.3 Å². The first-order valence-electron chi connectivity index (χ1n) is 17.7. The van der Waals surface area contributed by atoms with E-state index in [0.29, 0.717) is 49.4 Å². The largest absolute Gasteiger partial charge is 0.514 e. The van der Waals surface area contributed by atoms with Gasteiger partial charge in [0.15, 0.2) is 0 Å². The molecular weight excluding hydrogens is 687 g/mol. The molecular formula is C39H45FN4O9. The lowest BCUT2D eigenvalue weighted by molar-refractivity contribution is -0.384. The molecule has 5 atom stereocenters. The summed E-state index contributed by atoms with van der Waals surface area (Å²) in [6, 6.07) is 13.5. The van der Waals surface area contributed by atoms with Gasteiger partial charge in [-0.3, -0.25) is 19.7 Å². The Morgan fingerprint density at radius 3 is 2.42 bits per heavy atom. The molecule has 1 saturated heterocycles. The number of nitro groups is 1. The van der Waals surface area contributed by atoms with Gasteiger partial charge in [-0.2, -0.15) is 0 Å². The lowest BCUT2D eigenvalue weighted by Gasteiger charge is -2.36. The van der Waals surface area contributed by atoms with Crippen molar-refractivity contribution in [1.29, 1.82) is 0 Å². The van der Waals surface area contributed by atoms with Crippen LogP contribution in [0.25, 0.3) is 6.08 Å². The zero-order valence-electron chi connectivity index (χ0n) is 30.0. The Labute approximate surface area is 307 Å². The van der Waals surface area contributed by atoms with Gasteiger partial charge in [-0.25, -0.2) is 9.18 Å². The Balaban J connectivity index is 1.29. The second kappa shape index (κ2) is 17.8. The van der Waals surface area contributed by atoms with Crippen LogP contribution in [-0.4, -0.2) is 82.0 Å². The summed E-state index contributed by atoms with van der Waals surface area (Å²) >= 11 is 0. The molecule has 0 bridgehead atoms. The molecule has 0 spiro atoms. The second-order valence-electron chi connectivity index (χ2n) is 13.6. The van der Waals surface area contributed by atoms with E-state index in [1.54, 1.807) is 25.2 Å². The maximum Gasteiger partial charge on any atom is 0.514 e. The number of amides is 1. The number of nitro benzene ring substituents is 1. The van der Waals surface area contributed by atoms with Crippen LogP contribution in [0.1, 0.15) is 45.6 Å². The number of hydrogen-bond donors (Lipinski definition) is 1. The van der Waals surface area contributed by atoms with Crippen molar-refractivity contribution in [3.05, 3.63) is 106 Å². The van der Waals surface area contributed by atoms with Crippen molar-refractivity contribution in [1.82, 2.24) is 9.47 Å². The number of halogens is 1. The minimum absolute atomic E-state index is 0.0242. The molecule has 1 aromatic heterocycles. The van der Waals surface area contributed by atoms with E-state index in [1.807, 2.05) is 58.8 Å². The number of aliphatic hydroxyl groups excluding tert-OH is 1. The number of nitrogens with zero attached hydrogens (tertiary/aromatic N) is 4. The Bertz CT molecular complexity index is 1800. The first-order chi connectivity index (χ1) is 25.3. The Morgan fingerprint density at radius 1 is 1.04 bits per heavy atom. The molecule has 2 aliphatic rings. The van der Waals surface area contributed by atoms with Gasteiger partial charge in [0.1, 0.15) is 30.3 Å². The third-order valence-corrected chi connectivity index (χ3v) is 9.47. The van der Waals surface area contributed by atoms with Gasteiger partial charge < -0.3 is 33.7 Å². The highest BCUT2D eigenvalue weighted by Crippen LogP contribution is 2.28. The topological polar surface area (TPSA) is 154 Å². The molecule has 0 aliphatic carbocycles. The van der Waals surface area contributed by atoms with Crippen molar-refractivity contribution in [2.45, 2.75) is 64.9 Å². The van der Waals surface area contributed by atoms with Crippen LogP contribution in [0, 0.1) is 27.8 Å². The van der Waals surface area contributed by atoms with Gasteiger partial charge in [-0.1, -0.05) is 26.0 Å². The van der Waals surface area contributed by atoms with Gasteiger partial charge in [0.25, 0.3) is 5.69 Å². The summed E-state index contributed by atoms with van der Waals surface area (Å²) in [7, 11) is 0. The number of anilines is 1. The molecule has 0 unspecified atom stereocenters. The zero-order valence-corrected chi connectivity index (χ0v) is 30.0. The molecule has 3 aromatic rings. The van der Waals surface area contributed by atoms with E-state index < -0.39 is 47.1 Å². The minimum atomic E-state index is -1.01. The van der Waals surface area contributed by atoms with E-state index in [4.69, 9.17) is 14.2 Å². The Morgan fingerprint density at radius 2 is 1.74 bits per heavy atom. The number of esters is 1. The lowest BCUT2D eigenvalue weighted by atomic mass is 9.91. The molecule has 1 N–H and O–H groups in total. The molecule has 14 heteroatoms. The number of piperazine rings is 1. The number of cyclic esters (lactones) is 1. The first kappa shape index (κ1) is 38.7. The monoisotopic (exact) mass is 732 g/mol. The summed E-state index contributed by atoms with van der Waals surface area (Å²) in [6.45, 7) is 7.82. The number of rotatable bonds is 8. The summed E-state index contributed by atoms with van der Waals surface area (Å²) in [5.74, 6) is -1.62. The predicted molar refractivity (Wildman–Crippen MR) is 194 cm³/mol. The van der Waals surface area contributed by atoms with Crippen LogP contribution in [0.4, 0.5) is 20.6 Å². The third kappa shape index (κ3) is 11.0. The fourth-order valence-electron chi connectivity index (χ4n) is 6.47. The van der Waals surface area contributed by atoms with E-state index in [2.05, 4.69) is 0 Å². The molecule has 0 radical (unpaired) electrons. The number of benzene rings is 2. The van der Waals surface area contributed by atoms with E-state index in [0.717, 1.165) is 0 Å². The molecule has 13 nitrogen and oxygen atoms in total. The van der Waals surface area contributed by atoms with Crippen molar-refractivity contribution in [3.63, 3.8) is 0 Å². The van der Waals surface area contributed by atoms with E-state index in [1.165, 1.54) is 36.4 Å². The van der Waals surface area contributed by atoms with Gasteiger partial charge in [0.05, 0.1) is 17.4 Å². The summed E-state index contributed by atoms with van der Waals surface area (Å²) in [5, 5.41) is 21.6. The minimum Gasteiger partial charge on any atom is -0.457 e. The quantitative estimate of drug-likeness (QED) is 0.0937. The van der Waals surface area contributed by atoms with Gasteiger partial charge >= 0.3 is 12.1 Å². The molecule has 53 heavy (non-hydrogen) atoms. The summed E-state index contributed by atoms with van der Waals surface area (Å²) < 4.78 is 33.7. The van der Waals surface area contributed by atoms with Crippen molar-refractivity contribution in [3.8, 4) is 5.75 Å². The fourth-order valence-corrected chi connectivity index (χ4v) is 6.47. The number of ether oxygens (including phenoxy) is 3. The van der Waals surface area contributed by atoms with E-state index in [-0.39, 0.29) is 42.6 Å². The average molecular weight is 733 g/mol. The second-order valence-corrected chi connectivity index (χ2v) is 13.6. The fraction of sp³-hybridized carbons (Fsp3) is 0.410. The van der Waals surface area contributed by atoms with Gasteiger partial charge in [-0.05, 0) is 85.4 Å². The highest BCUT2D eigenvalue weighted by atomic mass is 19.1. The number of aliphatic hydroxyl groups is 1. The van der Waals surface area contributed by atoms with E-state index in [9.17, 15) is 29.6 Å². The number of carbonyl (C=O) groups is 3.